The maximum absolute atomic E-state index is 13.0. The summed E-state index contributed by atoms with van der Waals surface area (Å²) in [6.07, 6.45) is -9.72. The molecule has 2 heterocycles. The van der Waals surface area contributed by atoms with Gasteiger partial charge in [-0.15, -0.1) is 0 Å². The van der Waals surface area contributed by atoms with Crippen LogP contribution >= 0.6 is 0 Å². The Morgan fingerprint density at radius 3 is 2.00 bits per heavy atom. The Morgan fingerprint density at radius 2 is 1.43 bits per heavy atom. The molecule has 2 aromatic carbocycles. The average Bonchev–Trinajstić information content (AvgIpc) is 3.24. The highest BCUT2D eigenvalue weighted by molar-refractivity contribution is 5.69. The lowest BCUT2D eigenvalue weighted by molar-refractivity contribution is -0.370. The maximum Gasteiger partial charge on any atom is 0.416 e. The van der Waals surface area contributed by atoms with Crippen LogP contribution in [0.1, 0.15) is 55.5 Å². The number of carbonyl (C=O) groups is 4. The molecule has 10 nitrogen and oxygen atoms in total. The van der Waals surface area contributed by atoms with E-state index in [4.69, 9.17) is 28.4 Å². The van der Waals surface area contributed by atoms with Crippen molar-refractivity contribution >= 4 is 23.9 Å². The highest BCUT2D eigenvalue weighted by Crippen LogP contribution is 2.49. The van der Waals surface area contributed by atoms with Crippen LogP contribution in [0.4, 0.5) is 13.2 Å². The SMILES string of the molecule is CC(=O)OC[C@H]1O[C@]2(OCc3ccc(Cc4ccc(C(F)(F)F)cc4)cc32)[C@H](OC(C)=O)[C@@H](OC(C)=O)[C@@H]1OC(C)=O. The Kier molecular flexibility index (Phi) is 8.92. The Bertz CT molecular complexity index is 1360. The first-order chi connectivity index (χ1) is 19.7. The van der Waals surface area contributed by atoms with E-state index < -0.39 is 72.4 Å². The highest BCUT2D eigenvalue weighted by atomic mass is 19.4. The highest BCUT2D eigenvalue weighted by Gasteiger charge is 2.64. The first-order valence-corrected chi connectivity index (χ1v) is 12.9. The topological polar surface area (TPSA) is 124 Å². The van der Waals surface area contributed by atoms with Gasteiger partial charge in [0.2, 0.25) is 11.9 Å². The van der Waals surface area contributed by atoms with Crippen molar-refractivity contribution in [2.24, 2.45) is 0 Å². The summed E-state index contributed by atoms with van der Waals surface area (Å²) in [6, 6.07) is 9.92. The van der Waals surface area contributed by atoms with Gasteiger partial charge in [0.05, 0.1) is 12.2 Å². The molecule has 0 N–H and O–H groups in total. The van der Waals surface area contributed by atoms with E-state index in [0.717, 1.165) is 32.9 Å². The quantitative estimate of drug-likeness (QED) is 0.346. The first-order valence-electron chi connectivity index (χ1n) is 12.9. The standard InChI is InChI=1S/C29H29F3O10/c1-15(33)37-14-24-25(39-16(2)34)26(40-17(3)35)27(41-18(4)36)28(42-24)23-12-20(5-8-21(23)13-38-28)11-19-6-9-22(10-7-19)29(30,31)32/h5-10,12,24-27H,11,13-14H2,1-4H3/t24-,25-,26+,27-,28+/m1/s1. The average molecular weight is 595 g/mol. The first kappa shape index (κ1) is 31.0. The fraction of sp³-hybridized carbons (Fsp3) is 0.448. The van der Waals surface area contributed by atoms with Crippen LogP contribution < -0.4 is 0 Å². The molecule has 1 spiro atoms. The molecule has 2 aromatic rings. The Morgan fingerprint density at radius 1 is 0.833 bits per heavy atom. The van der Waals surface area contributed by atoms with Gasteiger partial charge in [0.1, 0.15) is 12.7 Å². The molecule has 0 aliphatic carbocycles. The molecule has 2 aliphatic heterocycles. The number of alkyl halides is 3. The summed E-state index contributed by atoms with van der Waals surface area (Å²) in [4.78, 5) is 48.2. The molecule has 0 unspecified atom stereocenters. The fourth-order valence-corrected chi connectivity index (χ4v) is 5.09. The third kappa shape index (κ3) is 6.73. The van der Waals surface area contributed by atoms with Gasteiger partial charge >= 0.3 is 30.1 Å². The smallest absolute Gasteiger partial charge is 0.416 e. The number of fused-ring (bicyclic) bond motifs is 2. The second kappa shape index (κ2) is 12.1. The van der Waals surface area contributed by atoms with Crippen LogP contribution in [0.15, 0.2) is 42.5 Å². The van der Waals surface area contributed by atoms with Crippen molar-refractivity contribution < 1.29 is 60.8 Å². The zero-order valence-corrected chi connectivity index (χ0v) is 23.2. The molecule has 0 amide bonds. The number of rotatable bonds is 7. The van der Waals surface area contributed by atoms with Gasteiger partial charge in [0, 0.05) is 33.3 Å². The molecular formula is C29H29F3O10. The fourth-order valence-electron chi connectivity index (χ4n) is 5.09. The summed E-state index contributed by atoms with van der Waals surface area (Å²) in [6.45, 7) is 4.08. The summed E-state index contributed by atoms with van der Waals surface area (Å²) in [5, 5.41) is 0. The van der Waals surface area contributed by atoms with Crippen molar-refractivity contribution in [2.75, 3.05) is 6.61 Å². The van der Waals surface area contributed by atoms with Gasteiger partial charge in [-0.1, -0.05) is 24.3 Å². The van der Waals surface area contributed by atoms with E-state index in [2.05, 4.69) is 0 Å². The summed E-state index contributed by atoms with van der Waals surface area (Å²) in [7, 11) is 0. The monoisotopic (exact) mass is 594 g/mol. The van der Waals surface area contributed by atoms with Gasteiger partial charge in [-0.05, 0) is 41.3 Å². The summed E-state index contributed by atoms with van der Waals surface area (Å²) < 4.78 is 73.2. The minimum atomic E-state index is -4.47. The van der Waals surface area contributed by atoms with Crippen molar-refractivity contribution in [3.8, 4) is 0 Å². The number of halogens is 3. The van der Waals surface area contributed by atoms with Crippen LogP contribution in [0.25, 0.3) is 0 Å². The molecule has 226 valence electrons. The van der Waals surface area contributed by atoms with E-state index in [1.807, 2.05) is 0 Å². The molecule has 0 bridgehead atoms. The Balaban J connectivity index is 1.78. The molecule has 1 saturated heterocycles. The van der Waals surface area contributed by atoms with Gasteiger partial charge in [0.25, 0.3) is 0 Å². The predicted molar refractivity (Wildman–Crippen MR) is 135 cm³/mol. The number of ether oxygens (including phenoxy) is 6. The number of esters is 4. The third-order valence-corrected chi connectivity index (χ3v) is 6.72. The van der Waals surface area contributed by atoms with Gasteiger partial charge in [0.15, 0.2) is 12.2 Å². The largest absolute Gasteiger partial charge is 0.463 e. The summed E-state index contributed by atoms with van der Waals surface area (Å²) in [5.41, 5.74) is 1.50. The second-order valence-electron chi connectivity index (χ2n) is 9.96. The normalized spacial score (nSPS) is 24.9. The molecular weight excluding hydrogens is 565 g/mol. The van der Waals surface area contributed by atoms with Crippen LogP contribution in [0.3, 0.4) is 0 Å². The van der Waals surface area contributed by atoms with E-state index in [1.54, 1.807) is 18.2 Å². The van der Waals surface area contributed by atoms with Crippen LogP contribution in [-0.2, 0) is 72.6 Å². The van der Waals surface area contributed by atoms with E-state index in [-0.39, 0.29) is 13.0 Å². The van der Waals surface area contributed by atoms with Gasteiger partial charge in [-0.3, -0.25) is 19.2 Å². The zero-order valence-electron chi connectivity index (χ0n) is 23.2. The van der Waals surface area contributed by atoms with Crippen molar-refractivity contribution in [3.63, 3.8) is 0 Å². The molecule has 13 heteroatoms. The number of hydrogen-bond acceptors (Lipinski definition) is 10. The van der Waals surface area contributed by atoms with E-state index in [9.17, 15) is 32.3 Å². The predicted octanol–water partition coefficient (Wildman–Crippen LogP) is 3.74. The minimum absolute atomic E-state index is 0.0149. The van der Waals surface area contributed by atoms with E-state index in [1.165, 1.54) is 19.1 Å². The lowest BCUT2D eigenvalue weighted by Crippen LogP contribution is -2.66. The van der Waals surface area contributed by atoms with Crippen molar-refractivity contribution in [1.82, 2.24) is 0 Å². The molecule has 5 atom stereocenters. The van der Waals surface area contributed by atoms with Crippen molar-refractivity contribution in [3.05, 3.63) is 70.3 Å². The van der Waals surface area contributed by atoms with Crippen molar-refractivity contribution in [1.29, 1.82) is 0 Å². The van der Waals surface area contributed by atoms with Crippen molar-refractivity contribution in [2.45, 2.75) is 77.1 Å². The number of hydrogen-bond donors (Lipinski definition) is 0. The number of benzene rings is 2. The Hall–Kier alpha value is -3.97. The van der Waals surface area contributed by atoms with Gasteiger partial charge in [-0.25, -0.2) is 0 Å². The Labute approximate surface area is 239 Å². The molecule has 4 rings (SSSR count). The lowest BCUT2D eigenvalue weighted by Gasteiger charge is -2.49. The molecule has 0 radical (unpaired) electrons. The summed E-state index contributed by atoms with van der Waals surface area (Å²) in [5.74, 6) is -4.88. The third-order valence-electron chi connectivity index (χ3n) is 6.72. The second-order valence-corrected chi connectivity index (χ2v) is 9.96. The van der Waals surface area contributed by atoms with Crippen LogP contribution in [0, 0.1) is 0 Å². The summed E-state index contributed by atoms with van der Waals surface area (Å²) >= 11 is 0. The molecule has 2 aliphatic rings. The molecule has 1 fully saturated rings. The van der Waals surface area contributed by atoms with Crippen LogP contribution in [0.2, 0.25) is 0 Å². The lowest BCUT2D eigenvalue weighted by atomic mass is 9.85. The minimum Gasteiger partial charge on any atom is -0.463 e. The van der Waals surface area contributed by atoms with Crippen LogP contribution in [-0.4, -0.2) is 54.9 Å². The van der Waals surface area contributed by atoms with Gasteiger partial charge in [-0.2, -0.15) is 13.2 Å². The molecule has 0 aromatic heterocycles. The van der Waals surface area contributed by atoms with E-state index in [0.29, 0.717) is 22.3 Å². The number of carbonyl (C=O) groups excluding carboxylic acids is 4. The molecule has 0 saturated carbocycles. The van der Waals surface area contributed by atoms with Crippen LogP contribution in [0.5, 0.6) is 0 Å². The zero-order chi connectivity index (χ0) is 30.8. The maximum atomic E-state index is 13.0. The van der Waals surface area contributed by atoms with E-state index >= 15 is 0 Å². The van der Waals surface area contributed by atoms with Gasteiger partial charge < -0.3 is 28.4 Å². The molecule has 42 heavy (non-hydrogen) atoms.